The molecule has 0 fully saturated rings. The van der Waals surface area contributed by atoms with Crippen LogP contribution in [0.2, 0.25) is 0 Å². The van der Waals surface area contributed by atoms with Crippen LogP contribution in [0.5, 0.6) is 11.5 Å². The van der Waals surface area contributed by atoms with Gasteiger partial charge in [0.1, 0.15) is 11.5 Å². The smallest absolute Gasteiger partial charge is 0.507 e. The van der Waals surface area contributed by atoms with Crippen molar-refractivity contribution in [1.82, 2.24) is 0 Å². The Hall–Kier alpha value is -3.76. The maximum atomic E-state index is 11.2. The fraction of sp³-hybridized carbons (Fsp3) is 0.240. The molecule has 0 spiro atoms. The van der Waals surface area contributed by atoms with Crippen molar-refractivity contribution in [2.24, 2.45) is 0 Å². The van der Waals surface area contributed by atoms with E-state index in [1.807, 2.05) is 121 Å². The van der Waals surface area contributed by atoms with Crippen LogP contribution in [-0.2, 0) is 48.5 Å². The summed E-state index contributed by atoms with van der Waals surface area (Å²) in [5, 5.41) is 22.4. The standard InChI is InChI=1S/C36H42O2S2.2C7H7.Zr/c1-35(2,3)29-19-27(33(37)31(21-29)25-13-9-7-10-14-25)23-39-17-18-40-24-28-20-30(36(4,5)6)22-32(34(28)38)26-15-11-8-12-16-26;2*1-7-5-3-2-4-6-7;/h7-16,19-22,37-38H,17-18,23-24H2,1-6H3;2*2-6H,1H2;/q;2*-1;+2. The van der Waals surface area contributed by atoms with Crippen molar-refractivity contribution >= 4 is 23.5 Å². The van der Waals surface area contributed by atoms with Gasteiger partial charge in [0.15, 0.2) is 0 Å². The second kappa shape index (κ2) is 22.1. The number of phenolic OH excluding ortho intramolecular Hbond substituents is 2. The number of aromatic hydroxyl groups is 2. The Labute approximate surface area is 359 Å². The van der Waals surface area contributed by atoms with Crippen LogP contribution in [0, 0.1) is 13.8 Å². The first-order valence-corrected chi connectivity index (χ1v) is 20.8. The van der Waals surface area contributed by atoms with Crippen molar-refractivity contribution in [3.63, 3.8) is 0 Å². The molecule has 5 heteroatoms. The van der Waals surface area contributed by atoms with Crippen molar-refractivity contribution in [1.29, 1.82) is 0 Å². The molecule has 0 amide bonds. The zero-order valence-corrected chi connectivity index (χ0v) is 37.4. The Morgan fingerprint density at radius 2 is 0.745 bits per heavy atom. The Kier molecular flexibility index (Phi) is 18.3. The Bertz CT molecular complexity index is 1850. The van der Waals surface area contributed by atoms with Crippen LogP contribution in [0.15, 0.2) is 146 Å². The van der Waals surface area contributed by atoms with Crippen molar-refractivity contribution in [3.05, 3.63) is 193 Å². The summed E-state index contributed by atoms with van der Waals surface area (Å²) in [4.78, 5) is 0. The van der Waals surface area contributed by atoms with Crippen molar-refractivity contribution in [2.45, 2.75) is 63.9 Å². The van der Waals surface area contributed by atoms with Crippen LogP contribution in [-0.4, -0.2) is 21.7 Å². The summed E-state index contributed by atoms with van der Waals surface area (Å²) in [7, 11) is 0. The van der Waals surface area contributed by atoms with Crippen LogP contribution in [0.25, 0.3) is 22.3 Å². The third kappa shape index (κ3) is 14.7. The van der Waals surface area contributed by atoms with Crippen LogP contribution in [0.3, 0.4) is 0 Å². The first-order valence-electron chi connectivity index (χ1n) is 18.5. The van der Waals surface area contributed by atoms with Gasteiger partial charge in [-0.25, -0.2) is 0 Å². The minimum absolute atomic E-state index is 0. The van der Waals surface area contributed by atoms with Crippen molar-refractivity contribution in [2.75, 3.05) is 11.5 Å². The molecular weight excluding hydrogens is 788 g/mol. The fourth-order valence-corrected chi connectivity index (χ4v) is 7.70. The average molecular weight is 844 g/mol. The fourth-order valence-electron chi connectivity index (χ4n) is 5.59. The molecule has 55 heavy (non-hydrogen) atoms. The summed E-state index contributed by atoms with van der Waals surface area (Å²) in [6.45, 7) is 20.7. The average Bonchev–Trinajstić information content (AvgIpc) is 3.15. The van der Waals surface area contributed by atoms with E-state index < -0.39 is 0 Å². The third-order valence-corrected chi connectivity index (χ3v) is 11.1. The predicted octanol–water partition coefficient (Wildman–Crippen LogP) is 13.9. The summed E-state index contributed by atoms with van der Waals surface area (Å²) in [5.74, 6) is 4.23. The molecule has 284 valence electrons. The molecule has 0 aliphatic rings. The summed E-state index contributed by atoms with van der Waals surface area (Å²) in [5.41, 5.74) is 10.5. The number of rotatable bonds is 9. The molecule has 0 radical (unpaired) electrons. The van der Waals surface area contributed by atoms with Gasteiger partial charge in [-0.1, -0.05) is 126 Å². The van der Waals surface area contributed by atoms with E-state index in [9.17, 15) is 10.2 Å². The Balaban J connectivity index is 0.000000450. The normalized spacial score (nSPS) is 10.9. The van der Waals surface area contributed by atoms with E-state index in [-0.39, 0.29) is 37.0 Å². The number of hydrogen-bond donors (Lipinski definition) is 2. The Morgan fingerprint density at radius 1 is 0.455 bits per heavy atom. The van der Waals surface area contributed by atoms with Gasteiger partial charge in [-0.05, 0) is 45.2 Å². The van der Waals surface area contributed by atoms with Crippen LogP contribution in [0.4, 0.5) is 0 Å². The molecule has 2 nitrogen and oxygen atoms in total. The molecule has 0 saturated heterocycles. The molecule has 0 atom stereocenters. The minimum atomic E-state index is -0.00526. The van der Waals surface area contributed by atoms with Gasteiger partial charge >= 0.3 is 26.2 Å². The molecule has 0 unspecified atom stereocenters. The largest absolute Gasteiger partial charge is 2.00 e. The summed E-state index contributed by atoms with van der Waals surface area (Å²) >= 11 is 3.69. The number of hydrogen-bond acceptors (Lipinski definition) is 4. The molecule has 0 heterocycles. The topological polar surface area (TPSA) is 40.5 Å². The summed E-state index contributed by atoms with van der Waals surface area (Å²) in [6, 6.07) is 48.7. The van der Waals surface area contributed by atoms with Crippen LogP contribution < -0.4 is 0 Å². The molecule has 0 aliphatic heterocycles. The first-order chi connectivity index (χ1) is 25.7. The molecular formula is C50H56O2S2Zr. The molecule has 6 rings (SSSR count). The van der Waals surface area contributed by atoms with E-state index >= 15 is 0 Å². The molecule has 6 aromatic rings. The summed E-state index contributed by atoms with van der Waals surface area (Å²) < 4.78 is 0. The molecule has 0 aliphatic carbocycles. The van der Waals surface area contributed by atoms with Gasteiger partial charge in [0, 0.05) is 45.3 Å². The van der Waals surface area contributed by atoms with Crippen LogP contribution >= 0.6 is 23.5 Å². The third-order valence-electron chi connectivity index (χ3n) is 8.85. The van der Waals surface area contributed by atoms with Gasteiger partial charge in [-0.15, -0.1) is 24.3 Å². The number of phenols is 2. The SMILES string of the molecule is CC(C)(C)c1cc(CSCCSCc2cc(C(C)(C)C)cc(-c3ccccc3)c2O)c(O)c(-c2ccccc2)c1.[CH2-]c1ccccc1.[CH2-]c1ccccc1.[Zr+2]. The second-order valence-corrected chi connectivity index (χ2v) is 17.6. The first kappa shape index (κ1) is 45.6. The predicted molar refractivity (Wildman–Crippen MR) is 239 cm³/mol. The van der Waals surface area contributed by atoms with E-state index in [0.717, 1.165) is 67.5 Å². The maximum absolute atomic E-state index is 11.2. The summed E-state index contributed by atoms with van der Waals surface area (Å²) in [6.07, 6.45) is 0. The van der Waals surface area contributed by atoms with E-state index in [0.29, 0.717) is 11.5 Å². The molecule has 2 N–H and O–H groups in total. The van der Waals surface area contributed by atoms with Gasteiger partial charge in [-0.3, -0.25) is 0 Å². The van der Waals surface area contributed by atoms with E-state index in [4.69, 9.17) is 0 Å². The molecule has 6 aromatic carbocycles. The minimum Gasteiger partial charge on any atom is -0.507 e. The molecule has 0 saturated carbocycles. The van der Waals surface area contributed by atoms with Crippen molar-refractivity contribution < 1.29 is 36.4 Å². The van der Waals surface area contributed by atoms with Crippen LogP contribution in [0.1, 0.15) is 74.9 Å². The number of thioether (sulfide) groups is 2. The zero-order valence-electron chi connectivity index (χ0n) is 33.3. The molecule has 0 bridgehead atoms. The van der Waals surface area contributed by atoms with Gasteiger partial charge in [0.05, 0.1) is 0 Å². The monoisotopic (exact) mass is 842 g/mol. The number of benzene rings is 6. The van der Waals surface area contributed by atoms with Gasteiger partial charge in [-0.2, -0.15) is 72.8 Å². The van der Waals surface area contributed by atoms with E-state index in [2.05, 4.69) is 104 Å². The zero-order chi connectivity index (χ0) is 39.1. The Morgan fingerprint density at radius 3 is 1.00 bits per heavy atom. The quantitative estimate of drug-likeness (QED) is 0.112. The van der Waals surface area contributed by atoms with E-state index in [1.54, 1.807) is 0 Å². The van der Waals surface area contributed by atoms with E-state index in [1.165, 1.54) is 11.1 Å². The van der Waals surface area contributed by atoms with Gasteiger partial charge < -0.3 is 10.2 Å². The second-order valence-electron chi connectivity index (χ2n) is 15.4. The van der Waals surface area contributed by atoms with Crippen molar-refractivity contribution in [3.8, 4) is 33.8 Å². The molecule has 0 aromatic heterocycles. The van der Waals surface area contributed by atoms with Gasteiger partial charge in [0.2, 0.25) is 0 Å². The van der Waals surface area contributed by atoms with Gasteiger partial charge in [0.25, 0.3) is 0 Å². The maximum Gasteiger partial charge on any atom is 2.00 e.